The Labute approximate surface area is 219 Å². The Bertz CT molecular complexity index is 1180. The van der Waals surface area contributed by atoms with Crippen molar-refractivity contribution in [3.63, 3.8) is 0 Å². The topological polar surface area (TPSA) is 91.7 Å². The largest absolute Gasteiger partial charge is 0.542 e. The van der Waals surface area contributed by atoms with Gasteiger partial charge in [-0.1, -0.05) is 0 Å². The molecule has 2 aromatic heterocycles. The van der Waals surface area contributed by atoms with E-state index in [4.69, 9.17) is 33.1 Å². The summed E-state index contributed by atoms with van der Waals surface area (Å²) in [6.07, 6.45) is -5.19. The predicted octanol–water partition coefficient (Wildman–Crippen LogP) is 1.47. The Morgan fingerprint density at radius 1 is 0.694 bits per heavy atom. The number of carbonyl (C=O) groups is 1. The number of hydrogen-bond acceptors (Lipinski definition) is 6. The van der Waals surface area contributed by atoms with Gasteiger partial charge in [-0.15, -0.1) is 0 Å². The van der Waals surface area contributed by atoms with Crippen molar-refractivity contribution in [3.05, 3.63) is 114 Å². The Morgan fingerprint density at radius 3 is 1.33 bits per heavy atom. The zero-order chi connectivity index (χ0) is 26.2. The van der Waals surface area contributed by atoms with E-state index in [2.05, 4.69) is 68.9 Å². The minimum atomic E-state index is -5.19. The zero-order valence-corrected chi connectivity index (χ0v) is 22.0. The number of alkyl halides is 5. The molecule has 2 heterocycles. The molecular formula is C24H18Cl2F3IN4O2. The number of aromatic nitrogens is 4. The molecular weight excluding hydrogens is 631 g/mol. The Kier molecular flexibility index (Phi) is 9.57. The van der Waals surface area contributed by atoms with Crippen LogP contribution in [0, 0.1) is 7.14 Å². The number of rotatable bonds is 6. The summed E-state index contributed by atoms with van der Waals surface area (Å²) in [4.78, 5) is 8.78. The summed E-state index contributed by atoms with van der Waals surface area (Å²) in [5, 5.41) is 26.5. The van der Waals surface area contributed by atoms with E-state index in [9.17, 15) is 13.2 Å². The molecule has 0 aliphatic carbocycles. The smallest absolute Gasteiger partial charge is 0.430 e. The van der Waals surface area contributed by atoms with E-state index in [1.807, 2.05) is 24.3 Å². The van der Waals surface area contributed by atoms with Gasteiger partial charge in [0.1, 0.15) is 5.97 Å². The van der Waals surface area contributed by atoms with Crippen LogP contribution >= 0.6 is 23.2 Å². The molecule has 0 fully saturated rings. The van der Waals surface area contributed by atoms with E-state index >= 15 is 0 Å². The van der Waals surface area contributed by atoms with Crippen LogP contribution in [-0.4, -0.2) is 32.5 Å². The molecule has 4 rings (SSSR count). The zero-order valence-electron chi connectivity index (χ0n) is 18.4. The molecule has 0 unspecified atom stereocenters. The fourth-order valence-electron chi connectivity index (χ4n) is 3.09. The maximum atomic E-state index is 10.5. The van der Waals surface area contributed by atoms with Crippen molar-refractivity contribution in [2.24, 2.45) is 0 Å². The van der Waals surface area contributed by atoms with E-state index < -0.39 is 30.6 Å². The van der Waals surface area contributed by atoms with Crippen LogP contribution in [0.3, 0.4) is 0 Å². The number of halogens is 6. The van der Waals surface area contributed by atoms with Gasteiger partial charge in [-0.2, -0.15) is 13.2 Å². The maximum Gasteiger partial charge on any atom is 0.430 e. The summed E-state index contributed by atoms with van der Waals surface area (Å²) in [5.41, 5.74) is 1.86. The second kappa shape index (κ2) is 12.4. The number of carboxylic acids is 1. The van der Waals surface area contributed by atoms with Gasteiger partial charge in [0.2, 0.25) is 0 Å². The van der Waals surface area contributed by atoms with Crippen LogP contribution in [0.2, 0.25) is 10.3 Å². The molecule has 0 saturated carbocycles. The third-order valence-corrected chi connectivity index (χ3v) is 15.4. The number of carboxylic acid groups (broad SMARTS) is 1. The van der Waals surface area contributed by atoms with Crippen LogP contribution in [0.1, 0.15) is 11.4 Å². The molecule has 12 heteroatoms. The SMILES string of the molecule is Clc1ccc(C[I+](Cc2ccc(Cl)nn2)(c2ccccc2)c2ccccc2)nn1.O=C([O-])C(F)(F)F. The van der Waals surface area contributed by atoms with Gasteiger partial charge in [0.05, 0.1) is 0 Å². The number of aliphatic carboxylic acids is 1. The van der Waals surface area contributed by atoms with E-state index in [1.54, 1.807) is 12.1 Å². The molecule has 0 aliphatic rings. The molecule has 0 spiro atoms. The molecule has 0 N–H and O–H groups in total. The van der Waals surface area contributed by atoms with Crippen molar-refractivity contribution in [3.8, 4) is 0 Å². The first-order valence-corrected chi connectivity index (χ1v) is 16.1. The second-order valence-corrected chi connectivity index (χ2v) is 16.6. The van der Waals surface area contributed by atoms with Gasteiger partial charge >= 0.3 is 191 Å². The van der Waals surface area contributed by atoms with Crippen LogP contribution in [0.15, 0.2) is 84.9 Å². The molecule has 0 atom stereocenters. The molecule has 36 heavy (non-hydrogen) atoms. The number of hydrogen-bond donors (Lipinski definition) is 0. The van der Waals surface area contributed by atoms with Crippen LogP contribution in [0.25, 0.3) is 0 Å². The Morgan fingerprint density at radius 2 is 1.06 bits per heavy atom. The third kappa shape index (κ3) is 7.58. The summed E-state index contributed by atoms with van der Waals surface area (Å²) in [7, 11) is 0. The van der Waals surface area contributed by atoms with Crippen molar-refractivity contribution < 1.29 is 41.5 Å². The summed E-state index contributed by atoms with van der Waals surface area (Å²) in [6.45, 7) is 0. The van der Waals surface area contributed by atoms with Gasteiger partial charge in [-0.25, -0.2) is 0 Å². The summed E-state index contributed by atoms with van der Waals surface area (Å²) in [5.74, 6) is -3.01. The molecule has 0 saturated heterocycles. The fraction of sp³-hybridized carbons (Fsp3) is 0.125. The summed E-state index contributed by atoms with van der Waals surface area (Å²) < 4.78 is 35.9. The minimum absolute atomic E-state index is 0.397. The molecule has 6 nitrogen and oxygen atoms in total. The molecule has 4 aromatic rings. The molecule has 0 radical (unpaired) electrons. The average molecular weight is 649 g/mol. The van der Waals surface area contributed by atoms with Crippen LogP contribution < -0.4 is 23.5 Å². The van der Waals surface area contributed by atoms with E-state index in [-0.39, 0.29) is 0 Å². The van der Waals surface area contributed by atoms with Gasteiger partial charge in [0, 0.05) is 0 Å². The third-order valence-electron chi connectivity index (χ3n) is 4.64. The van der Waals surface area contributed by atoms with Crippen molar-refractivity contribution >= 4 is 29.2 Å². The normalized spacial score (nSPS) is 11.8. The summed E-state index contributed by atoms with van der Waals surface area (Å²) in [6, 6.07) is 28.9. The van der Waals surface area contributed by atoms with Crippen molar-refractivity contribution in [1.29, 1.82) is 0 Å². The first-order valence-electron chi connectivity index (χ1n) is 10.2. The van der Waals surface area contributed by atoms with E-state index in [1.165, 1.54) is 7.14 Å². The van der Waals surface area contributed by atoms with Crippen molar-refractivity contribution in [2.45, 2.75) is 15.0 Å². The van der Waals surface area contributed by atoms with E-state index in [0.29, 0.717) is 10.3 Å². The van der Waals surface area contributed by atoms with Gasteiger partial charge < -0.3 is 9.90 Å². The molecule has 2 aromatic carbocycles. The predicted molar refractivity (Wildman–Crippen MR) is 123 cm³/mol. The second-order valence-electron chi connectivity index (χ2n) is 7.16. The monoisotopic (exact) mass is 648 g/mol. The van der Waals surface area contributed by atoms with Crippen LogP contribution in [0.4, 0.5) is 13.2 Å². The standard InChI is InChI=1S/C22H18Cl2IN4.C2HF3O2/c23-21-13-11-19(26-28-21)15-25(17-7-3-1-4-8-17,18-9-5-2-6-10-18)16-20-12-14-22(24)29-27-20;3-2(4,5)1(6)7/h1-14H,15-16H2;(H,6,7)/q+1;/p-1. The van der Waals surface area contributed by atoms with Gasteiger partial charge in [0.25, 0.3) is 0 Å². The molecule has 0 aliphatic heterocycles. The van der Waals surface area contributed by atoms with Gasteiger partial charge in [0.15, 0.2) is 0 Å². The number of benzene rings is 2. The molecule has 0 amide bonds. The maximum absolute atomic E-state index is 10.5. The van der Waals surface area contributed by atoms with Crippen molar-refractivity contribution in [1.82, 2.24) is 20.4 Å². The number of nitrogens with zero attached hydrogens (tertiary/aromatic N) is 4. The number of carbonyl (C=O) groups excluding carboxylic acids is 1. The van der Waals surface area contributed by atoms with Crippen LogP contribution in [-0.2, 0) is 13.6 Å². The molecule has 0 bridgehead atoms. The summed E-state index contributed by atoms with van der Waals surface area (Å²) >= 11 is 9.01. The first kappa shape index (κ1) is 27.8. The fourth-order valence-corrected chi connectivity index (χ4v) is 13.1. The van der Waals surface area contributed by atoms with Gasteiger partial charge in [-0.05, 0) is 0 Å². The first-order chi connectivity index (χ1) is 17.1. The quantitative estimate of drug-likeness (QED) is 0.232. The Hall–Kier alpha value is -2.83. The van der Waals surface area contributed by atoms with Gasteiger partial charge in [-0.3, -0.25) is 0 Å². The minimum Gasteiger partial charge on any atom is -0.542 e. The molecule has 188 valence electrons. The van der Waals surface area contributed by atoms with E-state index in [0.717, 1.165) is 20.2 Å². The average Bonchev–Trinajstić information content (AvgIpc) is 2.87. The van der Waals surface area contributed by atoms with Crippen molar-refractivity contribution in [2.75, 3.05) is 0 Å². The Balaban J connectivity index is 0.000000454. The van der Waals surface area contributed by atoms with Crippen LogP contribution in [0.5, 0.6) is 0 Å².